The zero-order valence-corrected chi connectivity index (χ0v) is 20.7. The zero-order chi connectivity index (χ0) is 25.5. The summed E-state index contributed by atoms with van der Waals surface area (Å²) in [5.74, 6) is -2.06. The standard InChI is InChI=1S/C22H26ClN3O7S/c1-21(2,3)33-20(30)24-26-18(27)12-25(13-22(26,4)11-19(28)29)34(31,32)17-8-6-14-9-16(23)7-5-15(14)10-17/h5-10H,11-13H2,1-4H3,(H,24,30)(H,28,29). The van der Waals surface area contributed by atoms with E-state index in [9.17, 15) is 27.9 Å². The molecule has 1 atom stereocenters. The molecule has 12 heteroatoms. The zero-order valence-electron chi connectivity index (χ0n) is 19.2. The smallest absolute Gasteiger partial charge is 0.426 e. The number of rotatable bonds is 5. The second-order valence-corrected chi connectivity index (χ2v) is 11.7. The molecule has 1 unspecified atom stereocenters. The Morgan fingerprint density at radius 3 is 2.41 bits per heavy atom. The van der Waals surface area contributed by atoms with Crippen molar-refractivity contribution in [3.05, 3.63) is 41.4 Å². The highest BCUT2D eigenvalue weighted by atomic mass is 35.5. The summed E-state index contributed by atoms with van der Waals surface area (Å²) in [7, 11) is -4.17. The van der Waals surface area contributed by atoms with Crippen LogP contribution >= 0.6 is 11.6 Å². The number of fused-ring (bicyclic) bond motifs is 1. The minimum absolute atomic E-state index is 0.0543. The maximum Gasteiger partial charge on any atom is 0.426 e. The maximum absolute atomic E-state index is 13.4. The van der Waals surface area contributed by atoms with Gasteiger partial charge in [-0.3, -0.25) is 9.59 Å². The Hall–Kier alpha value is -2.89. The summed E-state index contributed by atoms with van der Waals surface area (Å²) in [6.45, 7) is 5.33. The molecule has 0 spiro atoms. The van der Waals surface area contributed by atoms with Gasteiger partial charge < -0.3 is 9.84 Å². The van der Waals surface area contributed by atoms with E-state index in [0.29, 0.717) is 10.4 Å². The lowest BCUT2D eigenvalue weighted by Crippen LogP contribution is -2.69. The maximum atomic E-state index is 13.4. The Labute approximate surface area is 202 Å². The molecule has 184 valence electrons. The molecule has 1 saturated heterocycles. The number of piperazine rings is 1. The van der Waals surface area contributed by atoms with Gasteiger partial charge in [0.2, 0.25) is 10.0 Å². The number of amides is 2. The van der Waals surface area contributed by atoms with Crippen molar-refractivity contribution in [2.45, 2.75) is 50.2 Å². The fourth-order valence-corrected chi connectivity index (χ4v) is 5.48. The summed E-state index contributed by atoms with van der Waals surface area (Å²) >= 11 is 5.99. The minimum atomic E-state index is -4.17. The first-order valence-corrected chi connectivity index (χ1v) is 12.2. The molecule has 1 fully saturated rings. The summed E-state index contributed by atoms with van der Waals surface area (Å²) in [6.07, 6.45) is -1.57. The lowest BCUT2D eigenvalue weighted by atomic mass is 9.94. The molecule has 0 aliphatic carbocycles. The molecule has 1 aliphatic heterocycles. The number of nitrogens with one attached hydrogen (secondary N) is 1. The highest BCUT2D eigenvalue weighted by molar-refractivity contribution is 7.89. The molecule has 2 amide bonds. The Morgan fingerprint density at radius 2 is 1.79 bits per heavy atom. The Kier molecular flexibility index (Phi) is 6.84. The first kappa shape index (κ1) is 25.7. The largest absolute Gasteiger partial charge is 0.481 e. The molecule has 3 rings (SSSR count). The van der Waals surface area contributed by atoms with Gasteiger partial charge in [-0.2, -0.15) is 4.31 Å². The quantitative estimate of drug-likeness (QED) is 0.630. The normalized spacial score (nSPS) is 19.8. The molecule has 2 aromatic rings. The van der Waals surface area contributed by atoms with Crippen LogP contribution in [0.1, 0.15) is 34.1 Å². The van der Waals surface area contributed by atoms with Gasteiger partial charge in [0.15, 0.2) is 0 Å². The number of hydrazine groups is 1. The lowest BCUT2D eigenvalue weighted by Gasteiger charge is -2.46. The van der Waals surface area contributed by atoms with E-state index in [4.69, 9.17) is 16.3 Å². The number of hydrogen-bond donors (Lipinski definition) is 2. The van der Waals surface area contributed by atoms with E-state index in [2.05, 4.69) is 5.43 Å². The predicted molar refractivity (Wildman–Crippen MR) is 125 cm³/mol. The molecule has 2 aromatic carbocycles. The molecule has 10 nitrogen and oxygen atoms in total. The molecule has 1 aliphatic rings. The van der Waals surface area contributed by atoms with Crippen molar-refractivity contribution in [2.24, 2.45) is 0 Å². The second-order valence-electron chi connectivity index (χ2n) is 9.34. The van der Waals surface area contributed by atoms with Gasteiger partial charge in [0, 0.05) is 11.6 Å². The van der Waals surface area contributed by atoms with Crippen LogP contribution in [0.2, 0.25) is 5.02 Å². The summed E-state index contributed by atoms with van der Waals surface area (Å²) in [5, 5.41) is 12.2. The number of ether oxygens (including phenoxy) is 1. The number of carboxylic acids is 1. The summed E-state index contributed by atoms with van der Waals surface area (Å²) in [4.78, 5) is 36.8. The van der Waals surface area contributed by atoms with Crippen molar-refractivity contribution in [2.75, 3.05) is 13.1 Å². The van der Waals surface area contributed by atoms with Gasteiger partial charge in [-0.1, -0.05) is 23.7 Å². The van der Waals surface area contributed by atoms with Crippen molar-refractivity contribution >= 4 is 50.4 Å². The van der Waals surface area contributed by atoms with E-state index in [1.165, 1.54) is 19.1 Å². The third-order valence-corrected chi connectivity index (χ3v) is 7.19. The van der Waals surface area contributed by atoms with Crippen LogP contribution in [0.5, 0.6) is 0 Å². The monoisotopic (exact) mass is 511 g/mol. The highest BCUT2D eigenvalue weighted by Gasteiger charge is 2.48. The SMILES string of the molecule is CC(C)(C)OC(=O)NN1C(=O)CN(S(=O)(=O)c2ccc3cc(Cl)ccc3c2)CC1(C)CC(=O)O. The number of aliphatic carboxylic acids is 1. The molecule has 1 heterocycles. The Bertz CT molecular complexity index is 1260. The molecule has 2 N–H and O–H groups in total. The van der Waals surface area contributed by atoms with Crippen LogP contribution in [0.3, 0.4) is 0 Å². The summed E-state index contributed by atoms with van der Waals surface area (Å²) < 4.78 is 32.9. The van der Waals surface area contributed by atoms with Crippen molar-refractivity contribution in [3.8, 4) is 0 Å². The van der Waals surface area contributed by atoms with Gasteiger partial charge >= 0.3 is 12.1 Å². The fourth-order valence-electron chi connectivity index (χ4n) is 3.75. The number of carbonyl (C=O) groups is 3. The van der Waals surface area contributed by atoms with Crippen molar-refractivity contribution < 1.29 is 32.6 Å². The third kappa shape index (κ3) is 5.60. The van der Waals surface area contributed by atoms with Crippen LogP contribution in [0.4, 0.5) is 4.79 Å². The Balaban J connectivity index is 1.94. The Morgan fingerprint density at radius 1 is 1.18 bits per heavy atom. The van der Waals surface area contributed by atoms with Gasteiger partial charge in [-0.25, -0.2) is 23.6 Å². The molecule has 0 radical (unpaired) electrons. The van der Waals surface area contributed by atoms with Crippen LogP contribution in [-0.4, -0.2) is 65.0 Å². The molecule has 0 saturated carbocycles. The van der Waals surface area contributed by atoms with E-state index in [1.54, 1.807) is 45.0 Å². The van der Waals surface area contributed by atoms with Crippen molar-refractivity contribution in [1.29, 1.82) is 0 Å². The van der Waals surface area contributed by atoms with Crippen LogP contribution in [0, 0.1) is 0 Å². The van der Waals surface area contributed by atoms with E-state index >= 15 is 0 Å². The topological polar surface area (TPSA) is 133 Å². The number of sulfonamides is 1. The highest BCUT2D eigenvalue weighted by Crippen LogP contribution is 2.30. The number of halogens is 1. The number of nitrogens with zero attached hydrogens (tertiary/aromatic N) is 2. The van der Waals surface area contributed by atoms with E-state index < -0.39 is 52.1 Å². The first-order chi connectivity index (χ1) is 15.6. The molecule has 0 bridgehead atoms. The molecule has 0 aromatic heterocycles. The van der Waals surface area contributed by atoms with Crippen LogP contribution in [-0.2, 0) is 24.3 Å². The number of carboxylic acid groups (broad SMARTS) is 1. The van der Waals surface area contributed by atoms with Crippen LogP contribution < -0.4 is 5.43 Å². The van der Waals surface area contributed by atoms with E-state index in [-0.39, 0.29) is 11.4 Å². The van der Waals surface area contributed by atoms with Gasteiger partial charge in [-0.15, -0.1) is 0 Å². The minimum Gasteiger partial charge on any atom is -0.481 e. The second kappa shape index (κ2) is 9.05. The summed E-state index contributed by atoms with van der Waals surface area (Å²) in [6, 6.07) is 9.48. The van der Waals surface area contributed by atoms with Gasteiger partial charge in [0.1, 0.15) is 5.60 Å². The van der Waals surface area contributed by atoms with Gasteiger partial charge in [0.05, 0.1) is 23.4 Å². The summed E-state index contributed by atoms with van der Waals surface area (Å²) in [5.41, 5.74) is -0.146. The van der Waals surface area contributed by atoms with Crippen molar-refractivity contribution in [3.63, 3.8) is 0 Å². The number of hydrogen-bond acceptors (Lipinski definition) is 6. The molecular weight excluding hydrogens is 486 g/mol. The van der Waals surface area contributed by atoms with E-state index in [1.807, 2.05) is 0 Å². The van der Waals surface area contributed by atoms with Crippen molar-refractivity contribution in [1.82, 2.24) is 14.7 Å². The predicted octanol–water partition coefficient (Wildman–Crippen LogP) is 3.00. The number of benzene rings is 2. The fraction of sp³-hybridized carbons (Fsp3) is 0.409. The third-order valence-electron chi connectivity index (χ3n) is 5.16. The first-order valence-electron chi connectivity index (χ1n) is 10.3. The average molecular weight is 512 g/mol. The van der Waals surface area contributed by atoms with E-state index in [0.717, 1.165) is 14.7 Å². The van der Waals surface area contributed by atoms with Crippen LogP contribution in [0.25, 0.3) is 10.8 Å². The van der Waals surface area contributed by atoms with Gasteiger partial charge in [-0.05, 0) is 62.7 Å². The van der Waals surface area contributed by atoms with Crippen LogP contribution in [0.15, 0.2) is 41.3 Å². The molecule has 34 heavy (non-hydrogen) atoms. The van der Waals surface area contributed by atoms with Gasteiger partial charge in [0.25, 0.3) is 5.91 Å². The number of carbonyl (C=O) groups excluding carboxylic acids is 2. The lowest BCUT2D eigenvalue weighted by molar-refractivity contribution is -0.154. The average Bonchev–Trinajstić information content (AvgIpc) is 2.68. The molecular formula is C22H26ClN3O7S.